The molecule has 0 amide bonds. The minimum absolute atomic E-state index is 0.668. The smallest absolute Gasteiger partial charge is 0.178 e. The van der Waals surface area contributed by atoms with E-state index in [-0.39, 0.29) is 0 Å². The van der Waals surface area contributed by atoms with Crippen molar-refractivity contribution in [2.24, 2.45) is 0 Å². The van der Waals surface area contributed by atoms with E-state index in [1.54, 1.807) is 0 Å². The Morgan fingerprint density at radius 1 is 1.06 bits per heavy atom. The number of para-hydroxylation sites is 1. The summed E-state index contributed by atoms with van der Waals surface area (Å²) in [7, 11) is 0. The molecule has 0 heterocycles. The third-order valence-electron chi connectivity index (χ3n) is 1.83. The predicted molar refractivity (Wildman–Crippen MR) is 65.9 cm³/mol. The number of allylic oxidation sites excluding steroid dienone is 5. The second kappa shape index (κ2) is 7.35. The van der Waals surface area contributed by atoms with Crippen molar-refractivity contribution in [1.82, 2.24) is 0 Å². The van der Waals surface area contributed by atoms with Gasteiger partial charge in [-0.05, 0) is 38.1 Å². The molecule has 0 spiro atoms. The third kappa shape index (κ3) is 4.51. The van der Waals surface area contributed by atoms with Crippen molar-refractivity contribution in [2.45, 2.75) is 13.8 Å². The zero-order valence-corrected chi connectivity index (χ0v) is 9.59. The quantitative estimate of drug-likeness (QED) is 0.320. The van der Waals surface area contributed by atoms with E-state index in [9.17, 15) is 0 Å². The maximum Gasteiger partial charge on any atom is 0.178 e. The molecule has 0 saturated carbocycles. The first kappa shape index (κ1) is 12.1. The second-order valence-electron chi connectivity index (χ2n) is 3.06. The van der Waals surface area contributed by atoms with Crippen LogP contribution >= 0.6 is 0 Å². The lowest BCUT2D eigenvalue weighted by molar-refractivity contribution is -0.161. The highest BCUT2D eigenvalue weighted by molar-refractivity contribution is 5.21. The summed E-state index contributed by atoms with van der Waals surface area (Å²) in [6.07, 6.45) is 9.44. The van der Waals surface area contributed by atoms with Gasteiger partial charge in [0.1, 0.15) is 0 Å². The first-order valence-corrected chi connectivity index (χ1v) is 5.22. The van der Waals surface area contributed by atoms with Crippen LogP contribution in [-0.2, 0) is 4.89 Å². The Hall–Kier alpha value is -1.96. The molecule has 1 rings (SSSR count). The van der Waals surface area contributed by atoms with Gasteiger partial charge in [0.25, 0.3) is 0 Å². The summed E-state index contributed by atoms with van der Waals surface area (Å²) < 4.78 is 0. The van der Waals surface area contributed by atoms with Crippen LogP contribution in [0.5, 0.6) is 5.75 Å². The van der Waals surface area contributed by atoms with Gasteiger partial charge in [-0.25, -0.2) is 0 Å². The number of hydrogen-bond acceptors (Lipinski definition) is 2. The van der Waals surface area contributed by atoms with Gasteiger partial charge in [0.05, 0.1) is 0 Å². The lowest BCUT2D eigenvalue weighted by Crippen LogP contribution is -1.95. The van der Waals surface area contributed by atoms with Crippen molar-refractivity contribution >= 4 is 0 Å². The van der Waals surface area contributed by atoms with Crippen LogP contribution in [-0.4, -0.2) is 0 Å². The summed E-state index contributed by atoms with van der Waals surface area (Å²) in [5.74, 6) is 1.35. The van der Waals surface area contributed by atoms with Crippen LogP contribution in [0, 0.1) is 0 Å². The fourth-order valence-electron chi connectivity index (χ4n) is 1.01. The fraction of sp³-hybridized carbons (Fsp3) is 0.143. The lowest BCUT2D eigenvalue weighted by Gasteiger charge is -2.05. The molecule has 0 saturated heterocycles. The average Bonchev–Trinajstić information content (AvgIpc) is 2.35. The summed E-state index contributed by atoms with van der Waals surface area (Å²) in [6.45, 7) is 3.85. The van der Waals surface area contributed by atoms with Crippen molar-refractivity contribution < 1.29 is 9.78 Å². The Morgan fingerprint density at radius 2 is 1.81 bits per heavy atom. The highest BCUT2D eigenvalue weighted by Gasteiger charge is 1.94. The molecule has 0 aromatic heterocycles. The molecule has 0 N–H and O–H groups in total. The van der Waals surface area contributed by atoms with Crippen LogP contribution in [0.25, 0.3) is 0 Å². The van der Waals surface area contributed by atoms with Gasteiger partial charge >= 0.3 is 0 Å². The Morgan fingerprint density at radius 3 is 2.44 bits per heavy atom. The van der Waals surface area contributed by atoms with Crippen molar-refractivity contribution in [1.29, 1.82) is 0 Å². The molecule has 0 aliphatic carbocycles. The van der Waals surface area contributed by atoms with E-state index in [1.807, 2.05) is 74.6 Å². The standard InChI is InChI=1S/C14H16O2/c1-3-5-7-10-13(4-2)15-16-14-11-8-6-9-12-14/h3-12H,1-2H3/b5-3-,10-7-,13-4+. The van der Waals surface area contributed by atoms with Crippen molar-refractivity contribution in [3.05, 3.63) is 66.5 Å². The van der Waals surface area contributed by atoms with Gasteiger partial charge in [-0.3, -0.25) is 9.78 Å². The van der Waals surface area contributed by atoms with Crippen LogP contribution in [0.15, 0.2) is 66.5 Å². The van der Waals surface area contributed by atoms with E-state index in [0.717, 1.165) is 0 Å². The summed E-state index contributed by atoms with van der Waals surface area (Å²) in [5, 5.41) is 0. The molecule has 0 atom stereocenters. The summed E-state index contributed by atoms with van der Waals surface area (Å²) in [5.41, 5.74) is 0. The normalized spacial score (nSPS) is 12.2. The molecular formula is C14H16O2. The summed E-state index contributed by atoms with van der Waals surface area (Å²) >= 11 is 0. The Labute approximate surface area is 96.4 Å². The monoisotopic (exact) mass is 216 g/mol. The molecule has 0 unspecified atom stereocenters. The maximum atomic E-state index is 5.16. The lowest BCUT2D eigenvalue weighted by atomic mass is 10.3. The molecule has 1 aromatic rings. The van der Waals surface area contributed by atoms with Crippen molar-refractivity contribution in [2.75, 3.05) is 0 Å². The molecule has 0 bridgehead atoms. The summed E-state index contributed by atoms with van der Waals surface area (Å²) in [4.78, 5) is 10.3. The van der Waals surface area contributed by atoms with E-state index >= 15 is 0 Å². The number of rotatable bonds is 5. The van der Waals surface area contributed by atoms with Crippen LogP contribution in [0.2, 0.25) is 0 Å². The largest absolute Gasteiger partial charge is 0.290 e. The van der Waals surface area contributed by atoms with Gasteiger partial charge in [-0.15, -0.1) is 0 Å². The van der Waals surface area contributed by atoms with E-state index < -0.39 is 0 Å². The number of hydrogen-bond donors (Lipinski definition) is 0. The Balaban J connectivity index is 2.47. The molecule has 84 valence electrons. The van der Waals surface area contributed by atoms with Gasteiger partial charge in [-0.2, -0.15) is 0 Å². The minimum atomic E-state index is 0.668. The zero-order valence-electron chi connectivity index (χ0n) is 9.59. The van der Waals surface area contributed by atoms with Gasteiger partial charge in [-0.1, -0.05) is 36.4 Å². The van der Waals surface area contributed by atoms with Gasteiger partial charge in [0, 0.05) is 0 Å². The van der Waals surface area contributed by atoms with Crippen LogP contribution < -0.4 is 4.89 Å². The van der Waals surface area contributed by atoms with Crippen molar-refractivity contribution in [3.8, 4) is 5.75 Å². The van der Waals surface area contributed by atoms with Crippen LogP contribution in [0.1, 0.15) is 13.8 Å². The number of benzene rings is 1. The van der Waals surface area contributed by atoms with Crippen LogP contribution in [0.4, 0.5) is 0 Å². The SMILES string of the molecule is C\C=C/C=C\C(=C/C)OOc1ccccc1. The van der Waals surface area contributed by atoms with Gasteiger partial charge < -0.3 is 0 Å². The molecular weight excluding hydrogens is 200 g/mol. The molecule has 16 heavy (non-hydrogen) atoms. The van der Waals surface area contributed by atoms with Gasteiger partial charge in [0.2, 0.25) is 0 Å². The second-order valence-corrected chi connectivity index (χ2v) is 3.06. The minimum Gasteiger partial charge on any atom is -0.290 e. The maximum absolute atomic E-state index is 5.16. The van der Waals surface area contributed by atoms with E-state index in [2.05, 4.69) is 0 Å². The van der Waals surface area contributed by atoms with Gasteiger partial charge in [0.15, 0.2) is 11.5 Å². The highest BCUT2D eigenvalue weighted by Crippen LogP contribution is 2.11. The molecule has 2 nitrogen and oxygen atoms in total. The topological polar surface area (TPSA) is 18.5 Å². The van der Waals surface area contributed by atoms with E-state index in [0.29, 0.717) is 11.5 Å². The molecule has 0 aliphatic rings. The van der Waals surface area contributed by atoms with E-state index in [4.69, 9.17) is 9.78 Å². The highest BCUT2D eigenvalue weighted by atomic mass is 17.2. The molecule has 0 aliphatic heterocycles. The molecule has 1 aromatic carbocycles. The zero-order chi connectivity index (χ0) is 11.6. The molecule has 2 heteroatoms. The Kier molecular flexibility index (Phi) is 5.56. The van der Waals surface area contributed by atoms with Crippen molar-refractivity contribution in [3.63, 3.8) is 0 Å². The first-order valence-electron chi connectivity index (χ1n) is 5.22. The van der Waals surface area contributed by atoms with Crippen LogP contribution in [0.3, 0.4) is 0 Å². The molecule has 0 fully saturated rings. The third-order valence-corrected chi connectivity index (χ3v) is 1.83. The first-order chi connectivity index (χ1) is 7.86. The Bertz CT molecular complexity index is 375. The average molecular weight is 216 g/mol. The van der Waals surface area contributed by atoms with E-state index in [1.165, 1.54) is 0 Å². The summed E-state index contributed by atoms with van der Waals surface area (Å²) in [6, 6.07) is 9.38. The fourth-order valence-corrected chi connectivity index (χ4v) is 1.01. The predicted octanol–water partition coefficient (Wildman–Crippen LogP) is 4.03. The molecule has 0 radical (unpaired) electrons.